The molecule has 2 aromatic rings. The van der Waals surface area contributed by atoms with Crippen LogP contribution in [0.3, 0.4) is 0 Å². The molecule has 0 fully saturated rings. The van der Waals surface area contributed by atoms with Gasteiger partial charge in [0.15, 0.2) is 0 Å². The molecule has 1 aliphatic rings. The van der Waals surface area contributed by atoms with Gasteiger partial charge >= 0.3 is 0 Å². The number of hydrogen-bond donors (Lipinski definition) is 0. The van der Waals surface area contributed by atoms with Gasteiger partial charge < -0.3 is 9.47 Å². The minimum absolute atomic E-state index is 0.401. The van der Waals surface area contributed by atoms with E-state index in [9.17, 15) is 0 Å². The summed E-state index contributed by atoms with van der Waals surface area (Å²) in [6.45, 7) is 3.53. The van der Waals surface area contributed by atoms with Crippen LogP contribution in [-0.2, 0) is 0 Å². The molecule has 0 N–H and O–H groups in total. The molecule has 0 bridgehead atoms. The minimum Gasteiger partial charge on any atom is -0.493 e. The third kappa shape index (κ3) is 2.83. The van der Waals surface area contributed by atoms with Crippen LogP contribution >= 0.6 is 15.9 Å². The first-order valence-electron chi connectivity index (χ1n) is 6.85. The van der Waals surface area contributed by atoms with Crippen LogP contribution in [0.1, 0.15) is 23.5 Å². The number of benzene rings is 2. The summed E-state index contributed by atoms with van der Waals surface area (Å²) in [5, 5.41) is 0. The number of rotatable bonds is 3. The molecule has 0 aliphatic carbocycles. The standard InChI is InChI=1S/C17H17BrO2/c1-12-6-7-14(18)10-17(12)20-11-13-8-9-19-16-5-3-2-4-15(13)16/h2-7,10,13H,8-9,11H2,1H3. The fraction of sp³-hybridized carbons (Fsp3) is 0.294. The van der Waals surface area contributed by atoms with Gasteiger partial charge in [0.25, 0.3) is 0 Å². The quantitative estimate of drug-likeness (QED) is 0.810. The monoisotopic (exact) mass is 332 g/mol. The molecule has 0 amide bonds. The van der Waals surface area contributed by atoms with Crippen LogP contribution in [0.25, 0.3) is 0 Å². The summed E-state index contributed by atoms with van der Waals surface area (Å²) in [4.78, 5) is 0. The second kappa shape index (κ2) is 5.88. The maximum atomic E-state index is 6.03. The normalized spacial score (nSPS) is 17.2. The molecule has 3 heteroatoms. The molecule has 0 radical (unpaired) electrons. The van der Waals surface area contributed by atoms with Crippen molar-refractivity contribution < 1.29 is 9.47 Å². The fourth-order valence-electron chi connectivity index (χ4n) is 2.51. The molecular weight excluding hydrogens is 316 g/mol. The maximum absolute atomic E-state index is 6.03. The summed E-state index contributed by atoms with van der Waals surface area (Å²) in [5.74, 6) is 2.35. The summed E-state index contributed by atoms with van der Waals surface area (Å²) in [5.41, 5.74) is 2.42. The van der Waals surface area contributed by atoms with E-state index in [4.69, 9.17) is 9.47 Å². The summed E-state index contributed by atoms with van der Waals surface area (Å²) in [6.07, 6.45) is 1.00. The zero-order valence-electron chi connectivity index (χ0n) is 11.4. The van der Waals surface area contributed by atoms with E-state index in [1.807, 2.05) is 24.3 Å². The van der Waals surface area contributed by atoms with E-state index in [1.165, 1.54) is 5.56 Å². The van der Waals surface area contributed by atoms with Crippen LogP contribution in [0.4, 0.5) is 0 Å². The van der Waals surface area contributed by atoms with Gasteiger partial charge in [-0.25, -0.2) is 0 Å². The molecule has 20 heavy (non-hydrogen) atoms. The van der Waals surface area contributed by atoms with Crippen molar-refractivity contribution in [2.75, 3.05) is 13.2 Å². The van der Waals surface area contributed by atoms with Gasteiger partial charge in [-0.15, -0.1) is 0 Å². The molecule has 1 unspecified atom stereocenters. The number of hydrogen-bond acceptors (Lipinski definition) is 2. The number of aryl methyl sites for hydroxylation is 1. The first-order valence-corrected chi connectivity index (χ1v) is 7.64. The van der Waals surface area contributed by atoms with Crippen LogP contribution in [-0.4, -0.2) is 13.2 Å². The lowest BCUT2D eigenvalue weighted by Crippen LogP contribution is -2.19. The van der Waals surface area contributed by atoms with Crippen LogP contribution in [0.2, 0.25) is 0 Å². The molecule has 2 aromatic carbocycles. The van der Waals surface area contributed by atoms with Gasteiger partial charge in [0.05, 0.1) is 13.2 Å². The molecule has 0 spiro atoms. The Hall–Kier alpha value is -1.48. The predicted molar refractivity (Wildman–Crippen MR) is 83.7 cm³/mol. The van der Waals surface area contributed by atoms with E-state index in [0.717, 1.165) is 34.6 Å². The molecule has 0 saturated heterocycles. The van der Waals surface area contributed by atoms with Crippen LogP contribution in [0.15, 0.2) is 46.9 Å². The highest BCUT2D eigenvalue weighted by atomic mass is 79.9. The predicted octanol–water partition coefficient (Wildman–Crippen LogP) is 4.70. The zero-order chi connectivity index (χ0) is 13.9. The van der Waals surface area contributed by atoms with Crippen molar-refractivity contribution in [3.63, 3.8) is 0 Å². The number of ether oxygens (including phenoxy) is 2. The number of fused-ring (bicyclic) bond motifs is 1. The number of halogens is 1. The van der Waals surface area contributed by atoms with Gasteiger partial charge in [-0.1, -0.05) is 40.2 Å². The molecular formula is C17H17BrO2. The Kier molecular flexibility index (Phi) is 3.97. The first kappa shape index (κ1) is 13.5. The van der Waals surface area contributed by atoms with Crippen LogP contribution in [0, 0.1) is 6.92 Å². The van der Waals surface area contributed by atoms with E-state index in [0.29, 0.717) is 12.5 Å². The van der Waals surface area contributed by atoms with Gasteiger partial charge in [-0.3, -0.25) is 0 Å². The van der Waals surface area contributed by atoms with Crippen molar-refractivity contribution in [2.24, 2.45) is 0 Å². The number of para-hydroxylation sites is 1. The Labute approximate surface area is 127 Å². The van der Waals surface area contributed by atoms with Crippen molar-refractivity contribution in [3.05, 3.63) is 58.1 Å². The Morgan fingerprint density at radius 1 is 1.25 bits per heavy atom. The summed E-state index contributed by atoms with van der Waals surface area (Å²) < 4.78 is 12.8. The zero-order valence-corrected chi connectivity index (χ0v) is 13.0. The second-order valence-electron chi connectivity index (χ2n) is 5.09. The van der Waals surface area contributed by atoms with Crippen molar-refractivity contribution in [3.8, 4) is 11.5 Å². The fourth-order valence-corrected chi connectivity index (χ4v) is 2.85. The van der Waals surface area contributed by atoms with Crippen molar-refractivity contribution in [1.29, 1.82) is 0 Å². The lowest BCUT2D eigenvalue weighted by molar-refractivity contribution is 0.217. The molecule has 1 aliphatic heterocycles. The highest BCUT2D eigenvalue weighted by Gasteiger charge is 2.21. The lowest BCUT2D eigenvalue weighted by atomic mass is 9.94. The van der Waals surface area contributed by atoms with Gasteiger partial charge in [-0.05, 0) is 37.1 Å². The SMILES string of the molecule is Cc1ccc(Br)cc1OCC1CCOc2ccccc21. The molecule has 1 atom stereocenters. The Morgan fingerprint density at radius 3 is 3.00 bits per heavy atom. The van der Waals surface area contributed by atoms with Crippen molar-refractivity contribution in [1.82, 2.24) is 0 Å². The lowest BCUT2D eigenvalue weighted by Gasteiger charge is -2.26. The average Bonchev–Trinajstić information content (AvgIpc) is 2.48. The van der Waals surface area contributed by atoms with E-state index >= 15 is 0 Å². The smallest absolute Gasteiger partial charge is 0.123 e. The largest absolute Gasteiger partial charge is 0.493 e. The van der Waals surface area contributed by atoms with E-state index in [1.54, 1.807) is 0 Å². The van der Waals surface area contributed by atoms with Crippen molar-refractivity contribution in [2.45, 2.75) is 19.3 Å². The molecule has 0 saturated carbocycles. The Bertz CT molecular complexity index is 610. The molecule has 1 heterocycles. The van der Waals surface area contributed by atoms with Gasteiger partial charge in [0.1, 0.15) is 11.5 Å². The first-order chi connectivity index (χ1) is 9.74. The summed E-state index contributed by atoms with van der Waals surface area (Å²) in [7, 11) is 0. The minimum atomic E-state index is 0.401. The molecule has 0 aromatic heterocycles. The van der Waals surface area contributed by atoms with Crippen LogP contribution < -0.4 is 9.47 Å². The molecule has 2 nitrogen and oxygen atoms in total. The van der Waals surface area contributed by atoms with Gasteiger partial charge in [0.2, 0.25) is 0 Å². The highest BCUT2D eigenvalue weighted by Crippen LogP contribution is 2.34. The highest BCUT2D eigenvalue weighted by molar-refractivity contribution is 9.10. The maximum Gasteiger partial charge on any atom is 0.123 e. The second-order valence-corrected chi connectivity index (χ2v) is 6.01. The molecule has 104 valence electrons. The topological polar surface area (TPSA) is 18.5 Å². The van der Waals surface area contributed by atoms with Crippen molar-refractivity contribution >= 4 is 15.9 Å². The Balaban J connectivity index is 1.75. The Morgan fingerprint density at radius 2 is 2.10 bits per heavy atom. The third-order valence-electron chi connectivity index (χ3n) is 3.67. The van der Waals surface area contributed by atoms with E-state index in [-0.39, 0.29) is 0 Å². The summed E-state index contributed by atoms with van der Waals surface area (Å²) >= 11 is 3.49. The third-order valence-corrected chi connectivity index (χ3v) is 4.17. The van der Waals surface area contributed by atoms with E-state index in [2.05, 4.69) is 41.1 Å². The van der Waals surface area contributed by atoms with Gasteiger partial charge in [-0.2, -0.15) is 0 Å². The summed E-state index contributed by atoms with van der Waals surface area (Å²) in [6, 6.07) is 14.4. The molecule has 3 rings (SSSR count). The average molecular weight is 333 g/mol. The van der Waals surface area contributed by atoms with E-state index < -0.39 is 0 Å². The van der Waals surface area contributed by atoms with Gasteiger partial charge in [0, 0.05) is 16.0 Å². The van der Waals surface area contributed by atoms with Crippen LogP contribution in [0.5, 0.6) is 11.5 Å².